The predicted molar refractivity (Wildman–Crippen MR) is 109 cm³/mol. The van der Waals surface area contributed by atoms with Gasteiger partial charge in [-0.2, -0.15) is 26.3 Å². The van der Waals surface area contributed by atoms with Crippen LogP contribution in [0, 0.1) is 5.92 Å². The van der Waals surface area contributed by atoms with Crippen LogP contribution in [0.2, 0.25) is 0 Å². The summed E-state index contributed by atoms with van der Waals surface area (Å²) in [7, 11) is 0. The van der Waals surface area contributed by atoms with Crippen molar-refractivity contribution in [3.8, 4) is 0 Å². The lowest BCUT2D eigenvalue weighted by Gasteiger charge is -2.38. The van der Waals surface area contributed by atoms with Crippen LogP contribution in [-0.4, -0.2) is 25.6 Å². The number of carbonyl (C=O) groups excluding carboxylic acids is 1. The minimum atomic E-state index is -4.92. The summed E-state index contributed by atoms with van der Waals surface area (Å²) >= 11 is 0. The third-order valence-electron chi connectivity index (χ3n) is 5.68. The Labute approximate surface area is 187 Å². The van der Waals surface area contributed by atoms with Crippen LogP contribution in [0.3, 0.4) is 0 Å². The number of amides is 1. The van der Waals surface area contributed by atoms with Gasteiger partial charge in [0.1, 0.15) is 0 Å². The molecule has 1 aliphatic heterocycles. The Morgan fingerprint density at radius 3 is 2.24 bits per heavy atom. The molecule has 0 bridgehead atoms. The number of ether oxygens (including phenoxy) is 1. The number of hydrogen-bond donors (Lipinski definition) is 2. The first-order valence-electron chi connectivity index (χ1n) is 10.4. The zero-order valence-corrected chi connectivity index (χ0v) is 17.5. The summed E-state index contributed by atoms with van der Waals surface area (Å²) in [5.41, 5.74) is -2.01. The Morgan fingerprint density at radius 2 is 1.67 bits per heavy atom. The highest BCUT2D eigenvalue weighted by Crippen LogP contribution is 2.37. The summed E-state index contributed by atoms with van der Waals surface area (Å²) in [5.74, 6) is -0.0707. The second-order valence-electron chi connectivity index (χ2n) is 7.97. The number of halogens is 6. The van der Waals surface area contributed by atoms with Gasteiger partial charge in [0, 0.05) is 12.0 Å². The van der Waals surface area contributed by atoms with Crippen LogP contribution in [0.25, 0.3) is 0 Å². The van der Waals surface area contributed by atoms with Crippen molar-refractivity contribution < 1.29 is 35.9 Å². The molecule has 3 unspecified atom stereocenters. The molecule has 33 heavy (non-hydrogen) atoms. The molecule has 3 rings (SSSR count). The molecule has 1 heterocycles. The number of nitrogens with one attached hydrogen (secondary N) is 2. The third kappa shape index (κ3) is 6.70. The first-order valence-corrected chi connectivity index (χ1v) is 10.4. The lowest BCUT2D eigenvalue weighted by atomic mass is 9.81. The van der Waals surface area contributed by atoms with E-state index in [1.54, 1.807) is 0 Å². The maximum absolute atomic E-state index is 13.1. The second-order valence-corrected chi connectivity index (χ2v) is 7.97. The molecule has 1 amide bonds. The Kier molecular flexibility index (Phi) is 8.01. The summed E-state index contributed by atoms with van der Waals surface area (Å²) < 4.78 is 83.9. The highest BCUT2D eigenvalue weighted by atomic mass is 19.4. The van der Waals surface area contributed by atoms with Gasteiger partial charge >= 0.3 is 12.4 Å². The van der Waals surface area contributed by atoms with Gasteiger partial charge < -0.3 is 15.4 Å². The molecule has 0 radical (unpaired) electrons. The first kappa shape index (κ1) is 25.0. The molecule has 1 fully saturated rings. The van der Waals surface area contributed by atoms with E-state index in [1.807, 2.05) is 30.3 Å². The van der Waals surface area contributed by atoms with E-state index in [0.717, 1.165) is 24.9 Å². The maximum Gasteiger partial charge on any atom is 0.416 e. The van der Waals surface area contributed by atoms with E-state index in [-0.39, 0.29) is 30.2 Å². The number of alkyl halides is 6. The summed E-state index contributed by atoms with van der Waals surface area (Å²) in [5, 5.41) is 6.12. The highest BCUT2D eigenvalue weighted by Gasteiger charge is 2.37. The molecule has 1 aliphatic rings. The molecular formula is C23H24F6N2O2. The van der Waals surface area contributed by atoms with Gasteiger partial charge in [0.15, 0.2) is 0 Å². The fraction of sp³-hybridized carbons (Fsp3) is 0.435. The third-order valence-corrected chi connectivity index (χ3v) is 5.68. The molecule has 2 N–H and O–H groups in total. The van der Waals surface area contributed by atoms with Crippen molar-refractivity contribution in [2.75, 3.05) is 13.2 Å². The lowest BCUT2D eigenvalue weighted by molar-refractivity contribution is -0.143. The molecule has 180 valence electrons. The normalized spacial score (nSPS) is 20.3. The minimum absolute atomic E-state index is 0.0635. The molecule has 2 aromatic rings. The van der Waals surface area contributed by atoms with Crippen molar-refractivity contribution in [3.05, 3.63) is 70.8 Å². The maximum atomic E-state index is 13.1. The quantitative estimate of drug-likeness (QED) is 0.414. The average molecular weight is 474 g/mol. The van der Waals surface area contributed by atoms with Crippen LogP contribution in [0.4, 0.5) is 26.3 Å². The fourth-order valence-corrected chi connectivity index (χ4v) is 4.16. The highest BCUT2D eigenvalue weighted by molar-refractivity contribution is 5.47. The molecule has 0 aromatic heterocycles. The van der Waals surface area contributed by atoms with E-state index in [0.29, 0.717) is 18.5 Å². The number of hydrogen-bond acceptors (Lipinski definition) is 3. The molecule has 0 spiro atoms. The topological polar surface area (TPSA) is 50.4 Å². The Balaban J connectivity index is 1.74. The van der Waals surface area contributed by atoms with Crippen molar-refractivity contribution in [3.63, 3.8) is 0 Å². The van der Waals surface area contributed by atoms with Crippen LogP contribution < -0.4 is 10.6 Å². The van der Waals surface area contributed by atoms with Gasteiger partial charge in [0.2, 0.25) is 6.41 Å². The van der Waals surface area contributed by atoms with Crippen molar-refractivity contribution in [2.45, 2.75) is 43.9 Å². The SMILES string of the molecule is O=CNC(COCc1cc(C(F)(F)F)cc(C(F)(F)F)c1)C1CCCNC1c1ccccc1. The fourth-order valence-electron chi connectivity index (χ4n) is 4.16. The smallest absolute Gasteiger partial charge is 0.375 e. The van der Waals surface area contributed by atoms with E-state index in [2.05, 4.69) is 10.6 Å². The van der Waals surface area contributed by atoms with Crippen molar-refractivity contribution in [1.82, 2.24) is 10.6 Å². The Bertz CT molecular complexity index is 885. The van der Waals surface area contributed by atoms with E-state index in [4.69, 9.17) is 4.74 Å². The predicted octanol–water partition coefficient (Wildman–Crippen LogP) is 5.10. The van der Waals surface area contributed by atoms with Gasteiger partial charge in [-0.05, 0) is 48.7 Å². The van der Waals surface area contributed by atoms with Gasteiger partial charge in [0.05, 0.1) is 30.4 Å². The van der Waals surface area contributed by atoms with Crippen molar-refractivity contribution in [1.29, 1.82) is 0 Å². The molecule has 10 heteroatoms. The van der Waals surface area contributed by atoms with Crippen LogP contribution in [0.5, 0.6) is 0 Å². The minimum Gasteiger partial charge on any atom is -0.375 e. The Hall–Kier alpha value is -2.59. The van der Waals surface area contributed by atoms with Crippen LogP contribution >= 0.6 is 0 Å². The number of benzene rings is 2. The zero-order chi connectivity index (χ0) is 24.1. The first-order chi connectivity index (χ1) is 15.6. The standard InChI is InChI=1S/C23H24F6N2O2/c24-22(25,26)17-9-15(10-18(11-17)23(27,28)29)12-33-13-20(31-14-32)19-7-4-8-30-21(19)16-5-2-1-3-6-16/h1-3,5-6,9-11,14,19-21,30H,4,7-8,12-13H2,(H,31,32). The lowest BCUT2D eigenvalue weighted by Crippen LogP contribution is -2.48. The number of rotatable bonds is 8. The van der Waals surface area contributed by atoms with E-state index in [9.17, 15) is 31.1 Å². The van der Waals surface area contributed by atoms with Gasteiger partial charge in [-0.15, -0.1) is 0 Å². The van der Waals surface area contributed by atoms with Gasteiger partial charge in [-0.1, -0.05) is 30.3 Å². The summed E-state index contributed by atoms with van der Waals surface area (Å²) in [4.78, 5) is 11.2. The Morgan fingerprint density at radius 1 is 1.03 bits per heavy atom. The van der Waals surface area contributed by atoms with Gasteiger partial charge in [-0.25, -0.2) is 0 Å². The van der Waals surface area contributed by atoms with Crippen molar-refractivity contribution in [2.24, 2.45) is 5.92 Å². The summed E-state index contributed by atoms with van der Waals surface area (Å²) in [6, 6.07) is 10.4. The molecule has 1 saturated heterocycles. The molecule has 0 saturated carbocycles. The number of piperidine rings is 1. The molecule has 4 nitrogen and oxygen atoms in total. The second kappa shape index (κ2) is 10.6. The van der Waals surface area contributed by atoms with Crippen molar-refractivity contribution >= 4 is 6.41 Å². The summed E-state index contributed by atoms with van der Waals surface area (Å²) in [6.07, 6.45) is -7.70. The zero-order valence-electron chi connectivity index (χ0n) is 17.5. The van der Waals surface area contributed by atoms with E-state index >= 15 is 0 Å². The molecule has 0 aliphatic carbocycles. The molecule has 2 aromatic carbocycles. The van der Waals surface area contributed by atoms with Crippen LogP contribution in [-0.2, 0) is 28.5 Å². The average Bonchev–Trinajstić information content (AvgIpc) is 2.78. The van der Waals surface area contributed by atoms with Gasteiger partial charge in [0.25, 0.3) is 0 Å². The van der Waals surface area contributed by atoms with Gasteiger partial charge in [-0.3, -0.25) is 4.79 Å². The molecule has 3 atom stereocenters. The van der Waals surface area contributed by atoms with E-state index in [1.165, 1.54) is 0 Å². The molecular weight excluding hydrogens is 450 g/mol. The monoisotopic (exact) mass is 474 g/mol. The van der Waals surface area contributed by atoms with E-state index < -0.39 is 36.1 Å². The van der Waals surface area contributed by atoms with Crippen LogP contribution in [0.1, 0.15) is 41.1 Å². The largest absolute Gasteiger partial charge is 0.416 e. The van der Waals surface area contributed by atoms with Crippen LogP contribution in [0.15, 0.2) is 48.5 Å². The summed E-state index contributed by atoms with van der Waals surface area (Å²) in [6.45, 7) is 0.265. The number of carbonyl (C=O) groups is 1.